The zero-order chi connectivity index (χ0) is 4.95. The maximum atomic E-state index is 1.59. The Morgan fingerprint density at radius 1 is 0.714 bits per heavy atom. The predicted molar refractivity (Wildman–Crippen MR) is 35.4 cm³/mol. The van der Waals surface area contributed by atoms with Crippen molar-refractivity contribution in [1.82, 2.24) is 0 Å². The maximum absolute atomic E-state index is 1.59. The zero-order valence-electron chi connectivity index (χ0n) is 4.35. The summed E-state index contributed by atoms with van der Waals surface area (Å²) in [5.74, 6) is 0. The van der Waals surface area contributed by atoms with Crippen LogP contribution in [0.4, 0.5) is 0 Å². The summed E-state index contributed by atoms with van der Waals surface area (Å²) in [7, 11) is 0. The van der Waals surface area contributed by atoms with E-state index in [1.807, 2.05) is 0 Å². The second-order valence-electron chi connectivity index (χ2n) is 1.58. The Kier molecular flexibility index (Phi) is 3.50. The minimum absolute atomic E-state index is 1.05. The van der Waals surface area contributed by atoms with Gasteiger partial charge in [-0.05, 0) is 0 Å². The standard InChI is InChI=1S/C5H10Se2/c1-2-6-4-5-7-3-1/h1-5H2. The van der Waals surface area contributed by atoms with Gasteiger partial charge in [-0.25, -0.2) is 0 Å². The molecule has 1 aliphatic heterocycles. The van der Waals surface area contributed by atoms with E-state index in [1.165, 1.54) is 0 Å². The van der Waals surface area contributed by atoms with Gasteiger partial charge in [0.05, 0.1) is 0 Å². The molecule has 0 atom stereocenters. The van der Waals surface area contributed by atoms with Gasteiger partial charge in [0.2, 0.25) is 0 Å². The van der Waals surface area contributed by atoms with Crippen molar-refractivity contribution in [3.05, 3.63) is 0 Å². The third-order valence-electron chi connectivity index (χ3n) is 0.949. The average Bonchev–Trinajstić information content (AvgIpc) is 1.90. The van der Waals surface area contributed by atoms with E-state index < -0.39 is 0 Å². The SMILES string of the molecule is C1C[Se]CC[Se]C1. The van der Waals surface area contributed by atoms with Crippen LogP contribution in [0.3, 0.4) is 0 Å². The van der Waals surface area contributed by atoms with Crippen molar-refractivity contribution in [2.45, 2.75) is 27.7 Å². The Labute approximate surface area is 57.8 Å². The Morgan fingerprint density at radius 2 is 1.29 bits per heavy atom. The predicted octanol–water partition coefficient (Wildman–Crippen LogP) is 1.47. The van der Waals surface area contributed by atoms with Gasteiger partial charge >= 0.3 is 57.6 Å². The van der Waals surface area contributed by atoms with Crippen LogP contribution < -0.4 is 0 Å². The molecule has 1 fully saturated rings. The molecule has 0 amide bonds. The van der Waals surface area contributed by atoms with E-state index in [0.717, 1.165) is 29.9 Å². The Bertz CT molecular complexity index is 25.7. The third kappa shape index (κ3) is 2.77. The van der Waals surface area contributed by atoms with Gasteiger partial charge in [0.1, 0.15) is 0 Å². The first-order valence-electron chi connectivity index (χ1n) is 2.65. The van der Waals surface area contributed by atoms with Crippen molar-refractivity contribution in [2.24, 2.45) is 0 Å². The fraction of sp³-hybridized carbons (Fsp3) is 1.00. The van der Waals surface area contributed by atoms with Crippen molar-refractivity contribution in [3.8, 4) is 0 Å². The van der Waals surface area contributed by atoms with E-state index in [9.17, 15) is 0 Å². The molecule has 1 rings (SSSR count). The van der Waals surface area contributed by atoms with Crippen LogP contribution in [0.15, 0.2) is 0 Å². The summed E-state index contributed by atoms with van der Waals surface area (Å²) in [6, 6.07) is 0. The quantitative estimate of drug-likeness (QED) is 0.551. The van der Waals surface area contributed by atoms with Crippen LogP contribution in [0.1, 0.15) is 6.42 Å². The molecule has 0 aromatic heterocycles. The Hall–Kier alpha value is 1.04. The normalized spacial score (nSPS) is 24.0. The molecule has 0 aromatic rings. The fourth-order valence-electron chi connectivity index (χ4n) is 0.585. The van der Waals surface area contributed by atoms with Gasteiger partial charge in [0, 0.05) is 0 Å². The van der Waals surface area contributed by atoms with Crippen LogP contribution in [0, 0.1) is 0 Å². The van der Waals surface area contributed by atoms with Crippen molar-refractivity contribution in [2.75, 3.05) is 0 Å². The molecule has 42 valence electrons. The summed E-state index contributed by atoms with van der Waals surface area (Å²) < 4.78 is 0. The van der Waals surface area contributed by atoms with Gasteiger partial charge in [-0.1, -0.05) is 0 Å². The van der Waals surface area contributed by atoms with Gasteiger partial charge in [-0.2, -0.15) is 0 Å². The zero-order valence-corrected chi connectivity index (χ0v) is 7.78. The molecule has 0 aliphatic carbocycles. The van der Waals surface area contributed by atoms with E-state index in [2.05, 4.69) is 0 Å². The van der Waals surface area contributed by atoms with Crippen LogP contribution in [-0.4, -0.2) is 29.9 Å². The summed E-state index contributed by atoms with van der Waals surface area (Å²) in [6.45, 7) is 0. The molecular weight excluding hydrogens is 218 g/mol. The first kappa shape index (κ1) is 6.16. The summed E-state index contributed by atoms with van der Waals surface area (Å²) in [5.41, 5.74) is 0. The molecule has 0 aromatic carbocycles. The molecule has 1 aliphatic rings. The molecule has 0 spiro atoms. The molecular formula is C5H10Se2. The van der Waals surface area contributed by atoms with E-state index in [4.69, 9.17) is 0 Å². The van der Waals surface area contributed by atoms with Crippen molar-refractivity contribution >= 4 is 29.9 Å². The Balaban J connectivity index is 2.04. The molecule has 2 heteroatoms. The van der Waals surface area contributed by atoms with Gasteiger partial charge < -0.3 is 0 Å². The molecule has 0 unspecified atom stereocenters. The van der Waals surface area contributed by atoms with Crippen LogP contribution in [-0.2, 0) is 0 Å². The first-order chi connectivity index (χ1) is 3.50. The molecule has 0 bridgehead atoms. The minimum atomic E-state index is 1.05. The molecule has 0 N–H and O–H groups in total. The summed E-state index contributed by atoms with van der Waals surface area (Å²) in [5, 5.41) is 6.34. The summed E-state index contributed by atoms with van der Waals surface area (Å²) in [4.78, 5) is 0. The van der Waals surface area contributed by atoms with E-state index in [0.29, 0.717) is 0 Å². The second kappa shape index (κ2) is 3.97. The molecule has 1 heterocycles. The van der Waals surface area contributed by atoms with E-state index in [-0.39, 0.29) is 0 Å². The molecule has 7 heavy (non-hydrogen) atoms. The van der Waals surface area contributed by atoms with Crippen molar-refractivity contribution in [3.63, 3.8) is 0 Å². The van der Waals surface area contributed by atoms with Crippen LogP contribution in [0.5, 0.6) is 0 Å². The van der Waals surface area contributed by atoms with Crippen LogP contribution in [0.25, 0.3) is 0 Å². The van der Waals surface area contributed by atoms with Crippen molar-refractivity contribution in [1.29, 1.82) is 0 Å². The first-order valence-corrected chi connectivity index (χ1v) is 7.50. The summed E-state index contributed by atoms with van der Waals surface area (Å²) in [6.07, 6.45) is 1.56. The average molecular weight is 228 g/mol. The number of hydrogen-bond donors (Lipinski definition) is 0. The summed E-state index contributed by atoms with van der Waals surface area (Å²) >= 11 is 2.11. The van der Waals surface area contributed by atoms with Gasteiger partial charge in [0.15, 0.2) is 0 Å². The van der Waals surface area contributed by atoms with E-state index >= 15 is 0 Å². The Morgan fingerprint density at radius 3 is 1.86 bits per heavy atom. The molecule has 0 radical (unpaired) electrons. The second-order valence-corrected chi connectivity index (χ2v) is 6.72. The monoisotopic (exact) mass is 230 g/mol. The topological polar surface area (TPSA) is 0 Å². The molecule has 0 nitrogen and oxygen atoms in total. The van der Waals surface area contributed by atoms with Gasteiger partial charge in [-0.3, -0.25) is 0 Å². The third-order valence-corrected chi connectivity index (χ3v) is 6.75. The van der Waals surface area contributed by atoms with Crippen molar-refractivity contribution < 1.29 is 0 Å². The molecule has 1 saturated heterocycles. The fourth-order valence-corrected chi connectivity index (χ4v) is 6.89. The van der Waals surface area contributed by atoms with Gasteiger partial charge in [-0.15, -0.1) is 0 Å². The van der Waals surface area contributed by atoms with Gasteiger partial charge in [0.25, 0.3) is 0 Å². The number of hydrogen-bond acceptors (Lipinski definition) is 0. The van der Waals surface area contributed by atoms with Crippen LogP contribution in [0.2, 0.25) is 21.3 Å². The van der Waals surface area contributed by atoms with Crippen LogP contribution >= 0.6 is 0 Å². The van der Waals surface area contributed by atoms with E-state index in [1.54, 1.807) is 27.7 Å². The number of rotatable bonds is 0. The molecule has 0 saturated carbocycles.